The van der Waals surface area contributed by atoms with Crippen LogP contribution in [0.1, 0.15) is 23.6 Å². The van der Waals surface area contributed by atoms with Crippen molar-refractivity contribution in [3.63, 3.8) is 0 Å². The number of anilines is 3. The molecule has 0 saturated carbocycles. The van der Waals surface area contributed by atoms with Crippen LogP contribution in [0.5, 0.6) is 0 Å². The first-order chi connectivity index (χ1) is 17.1. The van der Waals surface area contributed by atoms with Crippen LogP contribution in [0.4, 0.5) is 30.8 Å². The van der Waals surface area contributed by atoms with E-state index in [2.05, 4.69) is 42.5 Å². The minimum absolute atomic E-state index is 0.195. The summed E-state index contributed by atoms with van der Waals surface area (Å²) in [6.07, 6.45) is -2.66. The van der Waals surface area contributed by atoms with Crippen LogP contribution in [0, 0.1) is 12.8 Å². The first-order valence-corrected chi connectivity index (χ1v) is 10.9. The van der Waals surface area contributed by atoms with Gasteiger partial charge in [-0.2, -0.15) is 23.3 Å². The summed E-state index contributed by atoms with van der Waals surface area (Å²) in [5.74, 6) is -0.960. The van der Waals surface area contributed by atoms with Crippen molar-refractivity contribution in [2.45, 2.75) is 25.4 Å². The summed E-state index contributed by atoms with van der Waals surface area (Å²) >= 11 is 0. The standard InChI is InChI=1S/C21H24N6O2.C2HF3O2/c1-14-10-19(24-18-8-9-22-26-18)25-21(23-14)27-12-16(15-6-4-3-5-7-15)11-17(13-27)20(28)29-2;3-2(4,5)1(6)7/h3-10,16-17H,11-13H2,1-2H3,(H2,22,23,24,25,26);(H,6,7)/t16-,17+;/m0./s1. The lowest BCUT2D eigenvalue weighted by atomic mass is 9.84. The lowest BCUT2D eigenvalue weighted by Gasteiger charge is -2.37. The zero-order valence-electron chi connectivity index (χ0n) is 19.5. The molecule has 36 heavy (non-hydrogen) atoms. The molecule has 2 aromatic heterocycles. The van der Waals surface area contributed by atoms with Crippen LogP contribution in [0.15, 0.2) is 48.7 Å². The molecule has 4 rings (SSSR count). The normalized spacial score (nSPS) is 17.5. The van der Waals surface area contributed by atoms with Crippen LogP contribution in [-0.4, -0.2) is 63.6 Å². The third kappa shape index (κ3) is 7.17. The molecule has 0 radical (unpaired) electrons. The Bertz CT molecular complexity index is 1160. The van der Waals surface area contributed by atoms with Crippen LogP contribution in [0.2, 0.25) is 0 Å². The van der Waals surface area contributed by atoms with E-state index in [0.29, 0.717) is 18.3 Å². The maximum absolute atomic E-state index is 12.4. The van der Waals surface area contributed by atoms with E-state index in [-0.39, 0.29) is 17.8 Å². The molecule has 1 aromatic carbocycles. The number of nitrogens with one attached hydrogen (secondary N) is 2. The highest BCUT2D eigenvalue weighted by atomic mass is 19.4. The molecule has 3 heterocycles. The molecule has 2 atom stereocenters. The fourth-order valence-electron chi connectivity index (χ4n) is 3.79. The number of aromatic amines is 1. The third-order valence-corrected chi connectivity index (χ3v) is 5.39. The molecule has 1 aliphatic rings. The van der Waals surface area contributed by atoms with Crippen molar-refractivity contribution in [3.05, 3.63) is 59.9 Å². The highest BCUT2D eigenvalue weighted by Gasteiger charge is 2.38. The van der Waals surface area contributed by atoms with Gasteiger partial charge < -0.3 is 20.1 Å². The van der Waals surface area contributed by atoms with Crippen LogP contribution in [0.3, 0.4) is 0 Å². The number of aromatic nitrogens is 4. The number of hydrogen-bond acceptors (Lipinski definition) is 8. The molecule has 13 heteroatoms. The number of ether oxygens (including phenoxy) is 1. The predicted molar refractivity (Wildman–Crippen MR) is 124 cm³/mol. The van der Waals surface area contributed by atoms with Gasteiger partial charge in [-0.25, -0.2) is 9.78 Å². The number of aryl methyl sites for hydroxylation is 1. The van der Waals surface area contributed by atoms with Gasteiger partial charge in [-0.15, -0.1) is 0 Å². The number of piperidine rings is 1. The van der Waals surface area contributed by atoms with E-state index in [9.17, 15) is 18.0 Å². The monoisotopic (exact) mass is 506 g/mol. The first-order valence-electron chi connectivity index (χ1n) is 10.9. The topological polar surface area (TPSA) is 133 Å². The summed E-state index contributed by atoms with van der Waals surface area (Å²) < 4.78 is 36.8. The van der Waals surface area contributed by atoms with Gasteiger partial charge in [-0.3, -0.25) is 9.89 Å². The number of carbonyl (C=O) groups excluding carboxylic acids is 1. The van der Waals surface area contributed by atoms with Crippen LogP contribution in [-0.2, 0) is 14.3 Å². The van der Waals surface area contributed by atoms with Crippen molar-refractivity contribution in [3.8, 4) is 0 Å². The molecule has 3 aromatic rings. The van der Waals surface area contributed by atoms with E-state index in [1.165, 1.54) is 12.7 Å². The van der Waals surface area contributed by atoms with E-state index in [1.807, 2.05) is 37.3 Å². The van der Waals surface area contributed by atoms with Crippen molar-refractivity contribution < 1.29 is 32.6 Å². The van der Waals surface area contributed by atoms with Crippen molar-refractivity contribution in [2.75, 3.05) is 30.4 Å². The summed E-state index contributed by atoms with van der Waals surface area (Å²) in [4.78, 5) is 32.6. The van der Waals surface area contributed by atoms with Gasteiger partial charge in [0.1, 0.15) is 11.6 Å². The SMILES string of the molecule is COC(=O)[C@@H]1C[C@H](c2ccccc2)CN(c2nc(C)cc(Nc3ccn[nH]3)n2)C1.O=C(O)C(F)(F)F. The molecule has 1 fully saturated rings. The second-order valence-corrected chi connectivity index (χ2v) is 8.06. The molecule has 0 amide bonds. The van der Waals surface area contributed by atoms with Gasteiger partial charge in [0.15, 0.2) is 0 Å². The minimum atomic E-state index is -5.08. The number of aliphatic carboxylic acids is 1. The average Bonchev–Trinajstić information content (AvgIpc) is 3.36. The van der Waals surface area contributed by atoms with Crippen molar-refractivity contribution in [2.24, 2.45) is 5.92 Å². The summed E-state index contributed by atoms with van der Waals surface area (Å²) in [5.41, 5.74) is 2.04. The highest BCUT2D eigenvalue weighted by molar-refractivity contribution is 5.74. The molecule has 10 nitrogen and oxygen atoms in total. The fourth-order valence-corrected chi connectivity index (χ4v) is 3.79. The number of methoxy groups -OCH3 is 1. The van der Waals surface area contributed by atoms with Crippen LogP contribution in [0.25, 0.3) is 0 Å². The van der Waals surface area contributed by atoms with E-state index in [0.717, 1.165) is 24.5 Å². The van der Waals surface area contributed by atoms with E-state index in [1.54, 1.807) is 6.20 Å². The van der Waals surface area contributed by atoms with Gasteiger partial charge >= 0.3 is 18.1 Å². The second-order valence-electron chi connectivity index (χ2n) is 8.06. The van der Waals surface area contributed by atoms with Crippen molar-refractivity contribution in [1.82, 2.24) is 20.2 Å². The Morgan fingerprint density at radius 1 is 1.17 bits per heavy atom. The Morgan fingerprint density at radius 3 is 2.44 bits per heavy atom. The number of nitrogens with zero attached hydrogens (tertiary/aromatic N) is 4. The molecule has 1 saturated heterocycles. The number of halogens is 3. The second kappa shape index (κ2) is 11.5. The summed E-state index contributed by atoms with van der Waals surface area (Å²) in [6.45, 7) is 3.20. The average molecular weight is 506 g/mol. The number of benzene rings is 1. The minimum Gasteiger partial charge on any atom is -0.475 e. The summed E-state index contributed by atoms with van der Waals surface area (Å²) in [5, 5.41) is 17.1. The van der Waals surface area contributed by atoms with Gasteiger partial charge in [0, 0.05) is 36.8 Å². The summed E-state index contributed by atoms with van der Waals surface area (Å²) in [6, 6.07) is 14.0. The number of carbonyl (C=O) groups is 2. The fraction of sp³-hybridized carbons (Fsp3) is 0.348. The number of rotatable bonds is 5. The molecular formula is C23H25F3N6O4. The van der Waals surface area contributed by atoms with Gasteiger partial charge in [-0.05, 0) is 18.9 Å². The predicted octanol–water partition coefficient (Wildman–Crippen LogP) is 3.67. The quantitative estimate of drug-likeness (QED) is 0.443. The molecule has 3 N–H and O–H groups in total. The highest BCUT2D eigenvalue weighted by Crippen LogP contribution is 2.33. The Labute approximate surface area is 204 Å². The van der Waals surface area contributed by atoms with Crippen LogP contribution < -0.4 is 10.2 Å². The maximum Gasteiger partial charge on any atom is 0.490 e. The van der Waals surface area contributed by atoms with Gasteiger partial charge in [0.25, 0.3) is 0 Å². The molecule has 0 bridgehead atoms. The Morgan fingerprint density at radius 2 is 1.86 bits per heavy atom. The number of carboxylic acid groups (broad SMARTS) is 1. The molecule has 1 aliphatic heterocycles. The van der Waals surface area contributed by atoms with Crippen molar-refractivity contribution in [1.29, 1.82) is 0 Å². The maximum atomic E-state index is 12.4. The molecular weight excluding hydrogens is 481 g/mol. The zero-order valence-corrected chi connectivity index (χ0v) is 19.5. The third-order valence-electron chi connectivity index (χ3n) is 5.39. The van der Waals surface area contributed by atoms with Gasteiger partial charge in [-0.1, -0.05) is 30.3 Å². The lowest BCUT2D eigenvalue weighted by Crippen LogP contribution is -2.43. The Balaban J connectivity index is 0.000000454. The molecule has 0 aliphatic carbocycles. The van der Waals surface area contributed by atoms with Gasteiger partial charge in [0.2, 0.25) is 5.95 Å². The number of esters is 1. The molecule has 0 unspecified atom stereocenters. The first kappa shape index (κ1) is 26.4. The number of alkyl halides is 3. The van der Waals surface area contributed by atoms with E-state index in [4.69, 9.17) is 14.6 Å². The number of H-pyrrole nitrogens is 1. The van der Waals surface area contributed by atoms with Gasteiger partial charge in [0.05, 0.1) is 19.2 Å². The largest absolute Gasteiger partial charge is 0.490 e. The number of hydrogen-bond donors (Lipinski definition) is 3. The summed E-state index contributed by atoms with van der Waals surface area (Å²) in [7, 11) is 1.44. The van der Waals surface area contributed by atoms with E-state index >= 15 is 0 Å². The smallest absolute Gasteiger partial charge is 0.475 e. The van der Waals surface area contributed by atoms with Crippen LogP contribution >= 0.6 is 0 Å². The Hall–Kier alpha value is -4.16. The van der Waals surface area contributed by atoms with E-state index < -0.39 is 12.1 Å². The lowest BCUT2D eigenvalue weighted by molar-refractivity contribution is -0.192. The molecule has 192 valence electrons. The number of carboxylic acids is 1. The van der Waals surface area contributed by atoms with Crippen molar-refractivity contribution >= 4 is 29.5 Å². The Kier molecular flexibility index (Phi) is 8.46. The molecule has 0 spiro atoms. The zero-order chi connectivity index (χ0) is 26.3.